The van der Waals surface area contributed by atoms with Gasteiger partial charge < -0.3 is 20.1 Å². The fraction of sp³-hybridized carbons (Fsp3) is 0.471. The minimum Gasteiger partial charge on any atom is -0.479 e. The molecule has 0 spiro atoms. The van der Waals surface area contributed by atoms with E-state index in [1.807, 2.05) is 37.3 Å². The highest BCUT2D eigenvalue weighted by Crippen LogP contribution is 2.73. The molecule has 132 valence electrons. The zero-order valence-electron chi connectivity index (χ0n) is 13.8. The third kappa shape index (κ3) is 1.89. The lowest BCUT2D eigenvalue weighted by molar-refractivity contribution is -0.203. The van der Waals surface area contributed by atoms with Crippen molar-refractivity contribution in [1.82, 2.24) is 10.2 Å². The van der Waals surface area contributed by atoms with Gasteiger partial charge in [0, 0.05) is 13.5 Å². The first-order chi connectivity index (χ1) is 11.8. The van der Waals surface area contributed by atoms with Crippen LogP contribution in [0.5, 0.6) is 0 Å². The van der Waals surface area contributed by atoms with Crippen LogP contribution in [-0.2, 0) is 25.5 Å². The Morgan fingerprint density at radius 2 is 2.08 bits per heavy atom. The minimum atomic E-state index is -1.49. The van der Waals surface area contributed by atoms with Crippen LogP contribution in [0.2, 0.25) is 0 Å². The van der Waals surface area contributed by atoms with Gasteiger partial charge in [-0.25, -0.2) is 4.79 Å². The molecule has 0 aromatic heterocycles. The topological polar surface area (TPSA) is 95.9 Å². The molecule has 0 bridgehead atoms. The molecule has 3 fully saturated rings. The standard InChI is InChI=1S/C17H18N2O5S/c1-15-9-16(15,14(22)23)19-12(21)17(24-2,13(19)25-15)18-11(20)8-10-6-4-3-5-7-10/h3-7,13H,8-9H2,1-2H3,(H,18,20)(H,22,23)/t13-,15-,16-,17-/m1/s1. The highest BCUT2D eigenvalue weighted by Gasteiger charge is 2.88. The number of ether oxygens (including phenoxy) is 1. The Hall–Kier alpha value is -2.06. The van der Waals surface area contributed by atoms with E-state index in [-0.39, 0.29) is 12.3 Å². The maximum atomic E-state index is 12.8. The van der Waals surface area contributed by atoms with Crippen molar-refractivity contribution in [3.05, 3.63) is 35.9 Å². The number of carboxylic acids is 1. The Morgan fingerprint density at radius 3 is 2.68 bits per heavy atom. The van der Waals surface area contributed by atoms with E-state index >= 15 is 0 Å². The van der Waals surface area contributed by atoms with Gasteiger partial charge in [-0.15, -0.1) is 11.8 Å². The number of thioether (sulfide) groups is 1. The second-order valence-electron chi connectivity index (χ2n) is 6.87. The largest absolute Gasteiger partial charge is 0.479 e. The van der Waals surface area contributed by atoms with Gasteiger partial charge in [0.2, 0.25) is 5.91 Å². The number of β-lactam (4-membered cyclic amide) rings is 1. The predicted molar refractivity (Wildman–Crippen MR) is 89.6 cm³/mol. The first-order valence-corrected chi connectivity index (χ1v) is 8.84. The molecule has 4 atom stereocenters. The average molecular weight is 362 g/mol. The van der Waals surface area contributed by atoms with Crippen LogP contribution < -0.4 is 5.32 Å². The maximum absolute atomic E-state index is 12.8. The number of rotatable bonds is 5. The summed E-state index contributed by atoms with van der Waals surface area (Å²) in [5.41, 5.74) is -1.84. The number of benzene rings is 1. The quantitative estimate of drug-likeness (QED) is 0.588. The fourth-order valence-corrected chi connectivity index (χ4v) is 5.95. The van der Waals surface area contributed by atoms with Gasteiger partial charge in [-0.1, -0.05) is 30.3 Å². The van der Waals surface area contributed by atoms with Crippen molar-refractivity contribution >= 4 is 29.5 Å². The van der Waals surface area contributed by atoms with Gasteiger partial charge in [-0.2, -0.15) is 0 Å². The summed E-state index contributed by atoms with van der Waals surface area (Å²) in [4.78, 5) is 38.3. The van der Waals surface area contributed by atoms with Gasteiger partial charge in [0.1, 0.15) is 5.37 Å². The molecule has 2 N–H and O–H groups in total. The van der Waals surface area contributed by atoms with E-state index < -0.39 is 33.3 Å². The molecular weight excluding hydrogens is 344 g/mol. The number of nitrogens with zero attached hydrogens (tertiary/aromatic N) is 1. The van der Waals surface area contributed by atoms with Crippen LogP contribution in [-0.4, -0.2) is 56.3 Å². The van der Waals surface area contributed by atoms with Crippen molar-refractivity contribution in [2.75, 3.05) is 7.11 Å². The Balaban J connectivity index is 1.55. The van der Waals surface area contributed by atoms with Crippen LogP contribution >= 0.6 is 11.8 Å². The molecule has 1 aliphatic carbocycles. The van der Waals surface area contributed by atoms with Crippen molar-refractivity contribution < 1.29 is 24.2 Å². The minimum absolute atomic E-state index is 0.123. The summed E-state index contributed by atoms with van der Waals surface area (Å²) in [5.74, 6) is -1.83. The number of carbonyl (C=O) groups is 3. The Morgan fingerprint density at radius 1 is 1.40 bits per heavy atom. The van der Waals surface area contributed by atoms with E-state index in [1.165, 1.54) is 23.8 Å². The molecule has 1 aromatic carbocycles. The van der Waals surface area contributed by atoms with Crippen LogP contribution in [0.1, 0.15) is 18.9 Å². The SMILES string of the molecule is CO[C@]1(NC(=O)Cc2ccccc2)C(=O)N2[C@@H]1S[C@]1(C)C[C@]21C(=O)O. The predicted octanol–water partition coefficient (Wildman–Crippen LogP) is 0.589. The van der Waals surface area contributed by atoms with Crippen LogP contribution in [0.25, 0.3) is 0 Å². The molecule has 0 unspecified atom stereocenters. The second-order valence-corrected chi connectivity index (χ2v) is 8.45. The normalized spacial score (nSPS) is 37.8. The number of aliphatic carboxylic acids is 1. The number of fused-ring (bicyclic) bond motifs is 3. The van der Waals surface area contributed by atoms with Crippen LogP contribution in [0.15, 0.2) is 30.3 Å². The maximum Gasteiger partial charge on any atom is 0.331 e. The van der Waals surface area contributed by atoms with Crippen molar-refractivity contribution in [1.29, 1.82) is 0 Å². The highest BCUT2D eigenvalue weighted by molar-refractivity contribution is 8.02. The number of nitrogens with one attached hydrogen (secondary N) is 1. The van der Waals surface area contributed by atoms with E-state index in [0.29, 0.717) is 6.42 Å². The van der Waals surface area contributed by atoms with Crippen molar-refractivity contribution in [3.8, 4) is 0 Å². The first-order valence-electron chi connectivity index (χ1n) is 7.96. The van der Waals surface area contributed by atoms with Crippen LogP contribution in [0.4, 0.5) is 0 Å². The molecular formula is C17H18N2O5S. The molecule has 2 saturated heterocycles. The van der Waals surface area contributed by atoms with Crippen molar-refractivity contribution in [3.63, 3.8) is 0 Å². The lowest BCUT2D eigenvalue weighted by Gasteiger charge is -2.53. The second kappa shape index (κ2) is 4.98. The summed E-state index contributed by atoms with van der Waals surface area (Å²) >= 11 is 1.39. The van der Waals surface area contributed by atoms with Gasteiger partial charge in [0.05, 0.1) is 11.2 Å². The third-order valence-corrected chi connectivity index (χ3v) is 7.22. The Bertz CT molecular complexity index is 787. The zero-order chi connectivity index (χ0) is 18.0. The van der Waals surface area contributed by atoms with E-state index in [9.17, 15) is 19.5 Å². The van der Waals surface area contributed by atoms with E-state index in [2.05, 4.69) is 5.32 Å². The molecule has 8 heteroatoms. The van der Waals surface area contributed by atoms with E-state index in [0.717, 1.165) is 5.56 Å². The van der Waals surface area contributed by atoms with Gasteiger partial charge in [-0.05, 0) is 12.5 Å². The molecule has 1 saturated carbocycles. The van der Waals surface area contributed by atoms with Gasteiger partial charge in [0.15, 0.2) is 5.54 Å². The summed E-state index contributed by atoms with van der Waals surface area (Å²) in [6.07, 6.45) is 0.540. The van der Waals surface area contributed by atoms with E-state index in [1.54, 1.807) is 0 Å². The molecule has 0 radical (unpaired) electrons. The summed E-state index contributed by atoms with van der Waals surface area (Å²) in [6.45, 7) is 1.84. The highest BCUT2D eigenvalue weighted by atomic mass is 32.2. The number of carboxylic acid groups (broad SMARTS) is 1. The molecule has 25 heavy (non-hydrogen) atoms. The molecule has 2 aliphatic heterocycles. The monoisotopic (exact) mass is 362 g/mol. The number of amides is 2. The summed E-state index contributed by atoms with van der Waals surface area (Å²) < 4.78 is 4.87. The third-order valence-electron chi connectivity index (χ3n) is 5.45. The average Bonchev–Trinajstić information content (AvgIpc) is 3.11. The molecule has 2 heterocycles. The lowest BCUT2D eigenvalue weighted by atomic mass is 9.96. The van der Waals surface area contributed by atoms with Gasteiger partial charge in [0.25, 0.3) is 11.6 Å². The van der Waals surface area contributed by atoms with Gasteiger partial charge >= 0.3 is 5.97 Å². The smallest absolute Gasteiger partial charge is 0.331 e. The molecule has 7 nitrogen and oxygen atoms in total. The Kier molecular flexibility index (Phi) is 3.27. The van der Waals surface area contributed by atoms with Gasteiger partial charge in [-0.3, -0.25) is 9.59 Å². The molecule has 3 aliphatic rings. The van der Waals surface area contributed by atoms with Crippen molar-refractivity contribution in [2.45, 2.75) is 41.2 Å². The number of hydrogen-bond acceptors (Lipinski definition) is 5. The summed E-state index contributed by atoms with van der Waals surface area (Å²) in [5, 5.41) is 11.8. The first kappa shape index (κ1) is 16.4. The number of carbonyl (C=O) groups excluding carboxylic acids is 2. The zero-order valence-corrected chi connectivity index (χ0v) is 14.6. The molecule has 4 rings (SSSR count). The number of methoxy groups -OCH3 is 1. The molecule has 2 amide bonds. The van der Waals surface area contributed by atoms with Crippen LogP contribution in [0.3, 0.4) is 0 Å². The lowest BCUT2D eigenvalue weighted by Crippen LogP contribution is -2.81. The molecule has 1 aromatic rings. The Labute approximate surface area is 148 Å². The van der Waals surface area contributed by atoms with Crippen molar-refractivity contribution in [2.24, 2.45) is 0 Å². The van der Waals surface area contributed by atoms with Crippen LogP contribution in [0, 0.1) is 0 Å². The van der Waals surface area contributed by atoms with E-state index in [4.69, 9.17) is 4.74 Å². The summed E-state index contributed by atoms with van der Waals surface area (Å²) in [7, 11) is 1.36. The summed E-state index contributed by atoms with van der Waals surface area (Å²) in [6, 6.07) is 9.19. The fourth-order valence-electron chi connectivity index (χ4n) is 3.98. The number of hydrogen-bond donors (Lipinski definition) is 2.